The number of likely N-dealkylation sites (tertiary alicyclic amines) is 1. The van der Waals surface area contributed by atoms with Crippen LogP contribution in [0.1, 0.15) is 61.0 Å². The summed E-state index contributed by atoms with van der Waals surface area (Å²) in [6, 6.07) is 11.6. The summed E-state index contributed by atoms with van der Waals surface area (Å²) in [5.74, 6) is 0.735. The number of methoxy groups -OCH3 is 2. The van der Waals surface area contributed by atoms with Crippen LogP contribution < -0.4 is 10.1 Å². The van der Waals surface area contributed by atoms with E-state index < -0.39 is 5.60 Å². The van der Waals surface area contributed by atoms with E-state index in [1.54, 1.807) is 19.1 Å². The Balaban J connectivity index is 1.45. The molecule has 0 bridgehead atoms. The first-order valence-corrected chi connectivity index (χ1v) is 14.4. The molecule has 1 fully saturated rings. The molecular weight excluding hydrogens is 528 g/mol. The number of benzene rings is 2. The number of nitrogens with zero attached hydrogens (tertiary/aromatic N) is 3. The maximum Gasteiger partial charge on any atom is 0.410 e. The maximum atomic E-state index is 13.1. The molecule has 10 heteroatoms. The number of thiazole rings is 1. The molecule has 9 nitrogen and oxygen atoms in total. The van der Waals surface area contributed by atoms with Crippen molar-refractivity contribution in [2.75, 3.05) is 52.8 Å². The van der Waals surface area contributed by atoms with E-state index in [1.807, 2.05) is 58.2 Å². The number of nitrogens with one attached hydrogen (secondary N) is 1. The number of carbonyl (C=O) groups is 2. The van der Waals surface area contributed by atoms with Crippen molar-refractivity contribution in [3.63, 3.8) is 0 Å². The minimum absolute atomic E-state index is 0.204. The van der Waals surface area contributed by atoms with Crippen LogP contribution in [0.2, 0.25) is 0 Å². The highest BCUT2D eigenvalue weighted by Gasteiger charge is 2.29. The molecule has 1 aliphatic rings. The predicted molar refractivity (Wildman–Crippen MR) is 159 cm³/mol. The Morgan fingerprint density at radius 1 is 1.10 bits per heavy atom. The summed E-state index contributed by atoms with van der Waals surface area (Å²) in [5.41, 5.74) is 3.10. The molecule has 2 aromatic carbocycles. The van der Waals surface area contributed by atoms with Crippen LogP contribution in [0.4, 0.5) is 9.93 Å². The number of rotatable bonds is 9. The van der Waals surface area contributed by atoms with E-state index in [9.17, 15) is 9.59 Å². The standard InChI is InChI=1S/C30H40N4O5S/c1-30(2,3)39-29(36)34-15-13-21(14-16-34)23-11-12-24(38-6)25-26(23)40-28(31-25)32-27(35)22-9-7-20(8-10-22)19-33(4)17-18-37-5/h7-12,21H,13-19H2,1-6H3,(H,31,32,35). The van der Waals surface area contributed by atoms with Crippen LogP contribution in [0.25, 0.3) is 10.2 Å². The minimum atomic E-state index is -0.512. The lowest BCUT2D eigenvalue weighted by Crippen LogP contribution is -2.41. The van der Waals surface area contributed by atoms with Crippen molar-refractivity contribution < 1.29 is 23.8 Å². The number of aromatic nitrogens is 1. The Hall–Kier alpha value is -3.21. The van der Waals surface area contributed by atoms with Gasteiger partial charge in [0.25, 0.3) is 5.91 Å². The van der Waals surface area contributed by atoms with Gasteiger partial charge in [-0.15, -0.1) is 0 Å². The Kier molecular flexibility index (Phi) is 9.65. The first-order chi connectivity index (χ1) is 19.1. The highest BCUT2D eigenvalue weighted by atomic mass is 32.1. The van der Waals surface area contributed by atoms with Crippen molar-refractivity contribution in [2.45, 2.75) is 51.7 Å². The molecule has 3 aromatic rings. The topological polar surface area (TPSA) is 93.2 Å². The molecule has 0 spiro atoms. The fourth-order valence-electron chi connectivity index (χ4n) is 4.81. The van der Waals surface area contributed by atoms with Crippen molar-refractivity contribution >= 4 is 38.7 Å². The largest absolute Gasteiger partial charge is 0.494 e. The number of fused-ring (bicyclic) bond motifs is 1. The summed E-state index contributed by atoms with van der Waals surface area (Å²) in [6.45, 7) is 9.20. The van der Waals surface area contributed by atoms with Crippen molar-refractivity contribution in [3.05, 3.63) is 53.1 Å². The summed E-state index contributed by atoms with van der Waals surface area (Å²) in [6.07, 6.45) is 1.39. The lowest BCUT2D eigenvalue weighted by atomic mass is 9.89. The molecular formula is C30H40N4O5S. The van der Waals surface area contributed by atoms with Gasteiger partial charge in [0, 0.05) is 38.9 Å². The van der Waals surface area contributed by atoms with E-state index >= 15 is 0 Å². The zero-order chi connectivity index (χ0) is 28.9. The fourth-order valence-corrected chi connectivity index (χ4v) is 5.88. The van der Waals surface area contributed by atoms with Crippen molar-refractivity contribution in [1.82, 2.24) is 14.8 Å². The predicted octanol–water partition coefficient (Wildman–Crippen LogP) is 5.75. The molecule has 2 heterocycles. The summed E-state index contributed by atoms with van der Waals surface area (Å²) < 4.78 is 17.3. The Labute approximate surface area is 240 Å². The molecule has 4 rings (SSSR count). The third kappa shape index (κ3) is 7.50. The number of piperidine rings is 1. The molecule has 1 aliphatic heterocycles. The van der Waals surface area contributed by atoms with Crippen LogP contribution in [0, 0.1) is 0 Å². The van der Waals surface area contributed by atoms with Crippen LogP contribution in [-0.2, 0) is 16.0 Å². The second-order valence-electron chi connectivity index (χ2n) is 11.2. The minimum Gasteiger partial charge on any atom is -0.494 e. The second kappa shape index (κ2) is 13.0. The Bertz CT molecular complexity index is 1310. The lowest BCUT2D eigenvalue weighted by Gasteiger charge is -2.33. The van der Waals surface area contributed by atoms with Crippen LogP contribution >= 0.6 is 11.3 Å². The molecule has 0 radical (unpaired) electrons. The summed E-state index contributed by atoms with van der Waals surface area (Å²) in [5, 5.41) is 3.51. The monoisotopic (exact) mass is 568 g/mol. The van der Waals surface area contributed by atoms with Crippen LogP contribution in [0.3, 0.4) is 0 Å². The van der Waals surface area contributed by atoms with Gasteiger partial charge in [-0.05, 0) is 75.9 Å². The zero-order valence-corrected chi connectivity index (χ0v) is 25.1. The number of likely N-dealkylation sites (N-methyl/N-ethyl adjacent to an activating group) is 1. The zero-order valence-electron chi connectivity index (χ0n) is 24.3. The van der Waals surface area contributed by atoms with E-state index in [4.69, 9.17) is 19.2 Å². The quantitative estimate of drug-likeness (QED) is 0.351. The van der Waals surface area contributed by atoms with E-state index in [2.05, 4.69) is 16.3 Å². The molecule has 1 saturated heterocycles. The molecule has 40 heavy (non-hydrogen) atoms. The van der Waals surface area contributed by atoms with E-state index in [-0.39, 0.29) is 17.9 Å². The molecule has 0 atom stereocenters. The van der Waals surface area contributed by atoms with Crippen LogP contribution in [-0.4, -0.2) is 79.9 Å². The Morgan fingerprint density at radius 3 is 2.42 bits per heavy atom. The van der Waals surface area contributed by atoms with Gasteiger partial charge in [0.05, 0.1) is 18.4 Å². The third-order valence-electron chi connectivity index (χ3n) is 6.91. The third-order valence-corrected chi connectivity index (χ3v) is 7.93. The van der Waals surface area contributed by atoms with Crippen molar-refractivity contribution in [2.24, 2.45) is 0 Å². The Morgan fingerprint density at radius 2 is 1.80 bits per heavy atom. The number of amides is 2. The molecule has 2 amide bonds. The normalized spacial score (nSPS) is 14.5. The van der Waals surface area contributed by atoms with E-state index in [1.165, 1.54) is 16.9 Å². The summed E-state index contributed by atoms with van der Waals surface area (Å²) in [4.78, 5) is 34.3. The van der Waals surface area contributed by atoms with Crippen LogP contribution in [0.15, 0.2) is 36.4 Å². The van der Waals surface area contributed by atoms with Gasteiger partial charge in [-0.25, -0.2) is 9.78 Å². The van der Waals surface area contributed by atoms with Gasteiger partial charge in [0.2, 0.25) is 0 Å². The van der Waals surface area contributed by atoms with Gasteiger partial charge in [0.15, 0.2) is 5.13 Å². The molecule has 0 unspecified atom stereocenters. The molecule has 1 N–H and O–H groups in total. The number of hydrogen-bond acceptors (Lipinski definition) is 8. The highest BCUT2D eigenvalue weighted by Crippen LogP contribution is 2.41. The number of ether oxygens (including phenoxy) is 3. The molecule has 0 saturated carbocycles. The van der Waals surface area contributed by atoms with E-state index in [0.29, 0.717) is 36.1 Å². The fraction of sp³-hybridized carbons (Fsp3) is 0.500. The summed E-state index contributed by atoms with van der Waals surface area (Å²) >= 11 is 1.46. The van der Waals surface area contributed by atoms with Crippen molar-refractivity contribution in [1.29, 1.82) is 0 Å². The lowest BCUT2D eigenvalue weighted by molar-refractivity contribution is 0.0205. The smallest absolute Gasteiger partial charge is 0.410 e. The van der Waals surface area contributed by atoms with Gasteiger partial charge >= 0.3 is 6.09 Å². The molecule has 216 valence electrons. The van der Waals surface area contributed by atoms with Gasteiger partial charge in [0.1, 0.15) is 16.9 Å². The number of anilines is 1. The van der Waals surface area contributed by atoms with Gasteiger partial charge in [-0.3, -0.25) is 15.0 Å². The second-order valence-corrected chi connectivity index (χ2v) is 12.2. The summed E-state index contributed by atoms with van der Waals surface area (Å²) in [7, 11) is 5.36. The number of carbonyl (C=O) groups excluding carboxylic acids is 2. The molecule has 1 aromatic heterocycles. The average Bonchev–Trinajstić information content (AvgIpc) is 3.34. The van der Waals surface area contributed by atoms with Crippen molar-refractivity contribution in [3.8, 4) is 5.75 Å². The van der Waals surface area contributed by atoms with Gasteiger partial charge < -0.3 is 19.1 Å². The van der Waals surface area contributed by atoms with E-state index in [0.717, 1.165) is 41.7 Å². The highest BCUT2D eigenvalue weighted by molar-refractivity contribution is 7.22. The SMILES string of the molecule is COCCN(C)Cc1ccc(C(=O)Nc2nc3c(OC)ccc(C4CCN(C(=O)OC(C)(C)C)CC4)c3s2)cc1. The maximum absolute atomic E-state index is 13.1. The first-order valence-electron chi connectivity index (χ1n) is 13.6. The first kappa shape index (κ1) is 29.8. The average molecular weight is 569 g/mol. The van der Waals surface area contributed by atoms with Crippen LogP contribution in [0.5, 0.6) is 5.75 Å². The van der Waals surface area contributed by atoms with Gasteiger partial charge in [-0.1, -0.05) is 29.5 Å². The number of hydrogen-bond donors (Lipinski definition) is 1. The van der Waals surface area contributed by atoms with Gasteiger partial charge in [-0.2, -0.15) is 0 Å². The molecule has 0 aliphatic carbocycles.